The van der Waals surface area contributed by atoms with E-state index in [0.29, 0.717) is 11.5 Å². The first-order chi connectivity index (χ1) is 8.08. The molecule has 88 valence electrons. The number of aromatic nitrogens is 2. The summed E-state index contributed by atoms with van der Waals surface area (Å²) in [5.41, 5.74) is 12.8. The summed E-state index contributed by atoms with van der Waals surface area (Å²) in [4.78, 5) is 10.5. The Morgan fingerprint density at radius 1 is 1.00 bits per heavy atom. The second-order valence-corrected chi connectivity index (χ2v) is 3.84. The van der Waals surface area contributed by atoms with E-state index in [9.17, 15) is 0 Å². The second-order valence-electron chi connectivity index (χ2n) is 3.84. The number of nitrogens with zero attached hydrogens (tertiary/aromatic N) is 3. The van der Waals surface area contributed by atoms with Gasteiger partial charge in [0, 0.05) is 12.7 Å². The van der Waals surface area contributed by atoms with Crippen LogP contribution in [0.2, 0.25) is 0 Å². The lowest BCUT2D eigenvalue weighted by molar-refractivity contribution is 1.06. The highest BCUT2D eigenvalue weighted by Gasteiger charge is 2.08. The molecule has 0 atom stereocenters. The van der Waals surface area contributed by atoms with Crippen LogP contribution in [0.4, 0.5) is 23.1 Å². The quantitative estimate of drug-likeness (QED) is 0.819. The molecule has 0 aliphatic heterocycles. The average molecular weight is 229 g/mol. The predicted molar refractivity (Wildman–Crippen MR) is 70.1 cm³/mol. The average Bonchev–Trinajstić information content (AvgIpc) is 2.32. The lowest BCUT2D eigenvalue weighted by Gasteiger charge is -2.18. The molecule has 0 bridgehead atoms. The molecule has 2 heterocycles. The highest BCUT2D eigenvalue weighted by molar-refractivity contribution is 5.65. The lowest BCUT2D eigenvalue weighted by Crippen LogP contribution is -2.14. The van der Waals surface area contributed by atoms with Gasteiger partial charge in [0.05, 0.1) is 5.69 Å². The molecule has 0 amide bonds. The van der Waals surface area contributed by atoms with Crippen LogP contribution in [0.3, 0.4) is 0 Å². The van der Waals surface area contributed by atoms with Gasteiger partial charge in [-0.2, -0.15) is 0 Å². The number of nitrogens with two attached hydrogens (primary N) is 2. The standard InChI is InChI=1S/C12H15N5/c1-8-4-3-5-10(15-8)17(2)11-7-6-9(13)12(14)16-11/h3-7H,13H2,1-2H3,(H2,14,16). The van der Waals surface area contributed by atoms with Crippen LogP contribution in [0.25, 0.3) is 0 Å². The molecule has 4 N–H and O–H groups in total. The van der Waals surface area contributed by atoms with Crippen molar-refractivity contribution in [2.75, 3.05) is 23.4 Å². The minimum atomic E-state index is 0.335. The third-order valence-corrected chi connectivity index (χ3v) is 2.50. The Bertz CT molecular complexity index is 538. The molecule has 5 heteroatoms. The zero-order valence-corrected chi connectivity index (χ0v) is 9.88. The van der Waals surface area contributed by atoms with Crippen molar-refractivity contribution in [1.82, 2.24) is 9.97 Å². The molecule has 2 aromatic heterocycles. The molecule has 0 unspecified atom stereocenters. The Labute approximate surface area is 100 Å². The van der Waals surface area contributed by atoms with Crippen molar-refractivity contribution in [2.24, 2.45) is 0 Å². The van der Waals surface area contributed by atoms with E-state index in [1.54, 1.807) is 6.07 Å². The zero-order valence-electron chi connectivity index (χ0n) is 9.88. The fourth-order valence-corrected chi connectivity index (χ4v) is 1.49. The van der Waals surface area contributed by atoms with Crippen LogP contribution in [-0.2, 0) is 0 Å². The molecule has 5 nitrogen and oxygen atoms in total. The van der Waals surface area contributed by atoms with Crippen LogP contribution < -0.4 is 16.4 Å². The van der Waals surface area contributed by atoms with Crippen molar-refractivity contribution in [2.45, 2.75) is 6.92 Å². The predicted octanol–water partition coefficient (Wildman–Crippen LogP) is 1.72. The molecule has 0 aliphatic rings. The minimum absolute atomic E-state index is 0.335. The first-order valence-corrected chi connectivity index (χ1v) is 5.27. The Morgan fingerprint density at radius 2 is 1.71 bits per heavy atom. The Kier molecular flexibility index (Phi) is 2.82. The van der Waals surface area contributed by atoms with Gasteiger partial charge in [-0.25, -0.2) is 9.97 Å². The number of rotatable bonds is 2. The van der Waals surface area contributed by atoms with E-state index in [4.69, 9.17) is 11.5 Å². The largest absolute Gasteiger partial charge is 0.396 e. The number of hydrogen-bond acceptors (Lipinski definition) is 5. The van der Waals surface area contributed by atoms with Crippen molar-refractivity contribution in [3.8, 4) is 0 Å². The van der Waals surface area contributed by atoms with E-state index in [1.807, 2.05) is 43.1 Å². The Hall–Kier alpha value is -2.30. The summed E-state index contributed by atoms with van der Waals surface area (Å²) >= 11 is 0. The fourth-order valence-electron chi connectivity index (χ4n) is 1.49. The van der Waals surface area contributed by atoms with Crippen LogP contribution in [0.15, 0.2) is 30.3 Å². The molecular weight excluding hydrogens is 214 g/mol. The highest BCUT2D eigenvalue weighted by Crippen LogP contribution is 2.22. The van der Waals surface area contributed by atoms with Gasteiger partial charge in [-0.3, -0.25) is 0 Å². The molecule has 0 radical (unpaired) electrons. The number of pyridine rings is 2. The molecule has 2 aromatic rings. The Morgan fingerprint density at radius 3 is 2.35 bits per heavy atom. The summed E-state index contributed by atoms with van der Waals surface area (Å²) in [7, 11) is 1.89. The van der Waals surface area contributed by atoms with E-state index < -0.39 is 0 Å². The maximum atomic E-state index is 5.68. The summed E-state index contributed by atoms with van der Waals surface area (Å²) in [6.45, 7) is 1.95. The first kappa shape index (κ1) is 11.2. The van der Waals surface area contributed by atoms with Gasteiger partial charge < -0.3 is 16.4 Å². The number of anilines is 4. The molecule has 0 aliphatic carbocycles. The molecule has 0 saturated carbocycles. The first-order valence-electron chi connectivity index (χ1n) is 5.27. The SMILES string of the molecule is Cc1cccc(N(C)c2ccc(N)c(N)n2)n1. The van der Waals surface area contributed by atoms with E-state index in [1.165, 1.54) is 0 Å². The van der Waals surface area contributed by atoms with Gasteiger partial charge in [-0.1, -0.05) is 6.07 Å². The summed E-state index contributed by atoms with van der Waals surface area (Å²) in [6, 6.07) is 9.37. The van der Waals surface area contributed by atoms with Crippen molar-refractivity contribution < 1.29 is 0 Å². The normalized spacial score (nSPS) is 10.2. The van der Waals surface area contributed by atoms with E-state index in [0.717, 1.165) is 17.3 Å². The van der Waals surface area contributed by atoms with E-state index in [2.05, 4.69) is 9.97 Å². The fraction of sp³-hybridized carbons (Fsp3) is 0.167. The smallest absolute Gasteiger partial charge is 0.149 e. The molecule has 2 rings (SSSR count). The molecular formula is C12H15N5. The van der Waals surface area contributed by atoms with Gasteiger partial charge in [0.2, 0.25) is 0 Å². The third-order valence-electron chi connectivity index (χ3n) is 2.50. The number of nitrogen functional groups attached to an aromatic ring is 2. The van der Waals surface area contributed by atoms with Crippen LogP contribution in [0.1, 0.15) is 5.69 Å². The summed E-state index contributed by atoms with van der Waals surface area (Å²) in [5.74, 6) is 1.87. The lowest BCUT2D eigenvalue weighted by atomic mass is 10.3. The van der Waals surface area contributed by atoms with Gasteiger partial charge in [-0.15, -0.1) is 0 Å². The summed E-state index contributed by atoms with van der Waals surface area (Å²) in [6.07, 6.45) is 0. The molecule has 0 fully saturated rings. The molecule has 0 saturated heterocycles. The van der Waals surface area contributed by atoms with Crippen LogP contribution >= 0.6 is 0 Å². The van der Waals surface area contributed by atoms with Gasteiger partial charge >= 0.3 is 0 Å². The molecule has 0 aromatic carbocycles. The van der Waals surface area contributed by atoms with Crippen LogP contribution in [0, 0.1) is 6.92 Å². The van der Waals surface area contributed by atoms with Crippen molar-refractivity contribution in [1.29, 1.82) is 0 Å². The second kappa shape index (κ2) is 4.29. The monoisotopic (exact) mass is 229 g/mol. The van der Waals surface area contributed by atoms with E-state index in [-0.39, 0.29) is 0 Å². The third kappa shape index (κ3) is 2.28. The van der Waals surface area contributed by atoms with Gasteiger partial charge in [0.25, 0.3) is 0 Å². The van der Waals surface area contributed by atoms with Crippen molar-refractivity contribution in [3.63, 3.8) is 0 Å². The summed E-state index contributed by atoms with van der Waals surface area (Å²) in [5, 5.41) is 0. The number of aryl methyl sites for hydroxylation is 1. The zero-order chi connectivity index (χ0) is 12.4. The van der Waals surface area contributed by atoms with Gasteiger partial charge in [0.15, 0.2) is 0 Å². The van der Waals surface area contributed by atoms with Crippen molar-refractivity contribution in [3.05, 3.63) is 36.0 Å². The molecule has 17 heavy (non-hydrogen) atoms. The van der Waals surface area contributed by atoms with Gasteiger partial charge in [-0.05, 0) is 31.2 Å². The Balaban J connectivity index is 2.36. The maximum absolute atomic E-state index is 5.68. The molecule has 0 spiro atoms. The van der Waals surface area contributed by atoms with Crippen LogP contribution in [-0.4, -0.2) is 17.0 Å². The maximum Gasteiger partial charge on any atom is 0.149 e. The van der Waals surface area contributed by atoms with Crippen molar-refractivity contribution >= 4 is 23.1 Å². The number of hydrogen-bond donors (Lipinski definition) is 2. The topological polar surface area (TPSA) is 81.1 Å². The highest BCUT2D eigenvalue weighted by atomic mass is 15.2. The van der Waals surface area contributed by atoms with Crippen LogP contribution in [0.5, 0.6) is 0 Å². The minimum Gasteiger partial charge on any atom is -0.396 e. The van der Waals surface area contributed by atoms with Gasteiger partial charge in [0.1, 0.15) is 17.5 Å². The van der Waals surface area contributed by atoms with E-state index >= 15 is 0 Å². The summed E-state index contributed by atoms with van der Waals surface area (Å²) < 4.78 is 0.